The van der Waals surface area contributed by atoms with E-state index in [0.717, 1.165) is 75.5 Å². The van der Waals surface area contributed by atoms with Crippen LogP contribution in [-0.2, 0) is 28.6 Å². The first-order valence-electron chi connectivity index (χ1n) is 28.6. The van der Waals surface area contributed by atoms with Crippen molar-refractivity contribution < 1.29 is 28.6 Å². The minimum absolute atomic E-state index is 0.0642. The highest BCUT2D eigenvalue weighted by atomic mass is 16.6. The lowest BCUT2D eigenvalue weighted by molar-refractivity contribution is -0.167. The molecule has 1 unspecified atom stereocenters. The Balaban J connectivity index is 4.23. The molecule has 0 aromatic rings. The topological polar surface area (TPSA) is 78.9 Å². The third-order valence-corrected chi connectivity index (χ3v) is 13.5. The molecule has 0 aromatic carbocycles. The molecule has 6 heteroatoms. The number of rotatable bonds is 51. The second-order valence-electron chi connectivity index (χ2n) is 21.1. The molecule has 0 fully saturated rings. The van der Waals surface area contributed by atoms with Crippen molar-refractivity contribution in [2.75, 3.05) is 13.2 Å². The zero-order chi connectivity index (χ0) is 47.0. The number of carbonyl (C=O) groups excluding carboxylic acids is 3. The van der Waals surface area contributed by atoms with Gasteiger partial charge in [-0.05, 0) is 37.0 Å². The fourth-order valence-corrected chi connectivity index (χ4v) is 8.79. The van der Waals surface area contributed by atoms with Gasteiger partial charge >= 0.3 is 17.9 Å². The lowest BCUT2D eigenvalue weighted by Crippen LogP contribution is -2.30. The molecule has 0 aliphatic rings. The molecule has 0 aliphatic carbocycles. The van der Waals surface area contributed by atoms with Crippen LogP contribution in [0.2, 0.25) is 0 Å². The average Bonchev–Trinajstić information content (AvgIpc) is 3.27. The van der Waals surface area contributed by atoms with Crippen LogP contribution < -0.4 is 0 Å². The lowest BCUT2D eigenvalue weighted by Gasteiger charge is -2.18. The van der Waals surface area contributed by atoms with Crippen LogP contribution >= 0.6 is 0 Å². The molecule has 0 spiro atoms. The minimum atomic E-state index is -0.764. The SMILES string of the molecule is CCC(C)CCCCCCCCCCCCC(=O)O[C@@H](COC(=O)CCCCCCCCCCCCCCCCCCCCC(C)C)COC(=O)CCCCCCCCCCC(C)C. The number of carbonyl (C=O) groups is 3. The highest BCUT2D eigenvalue weighted by molar-refractivity contribution is 5.71. The molecule has 2 atom stereocenters. The predicted octanol–water partition coefficient (Wildman–Crippen LogP) is 18.7. The van der Waals surface area contributed by atoms with Crippen LogP contribution in [0.4, 0.5) is 0 Å². The van der Waals surface area contributed by atoms with E-state index >= 15 is 0 Å². The van der Waals surface area contributed by atoms with Gasteiger partial charge in [0.1, 0.15) is 13.2 Å². The second-order valence-corrected chi connectivity index (χ2v) is 21.1. The Morgan fingerprint density at radius 3 is 0.812 bits per heavy atom. The second kappa shape index (κ2) is 49.3. The molecular formula is C58H112O6. The quantitative estimate of drug-likeness (QED) is 0.0344. The molecule has 0 amide bonds. The maximum absolute atomic E-state index is 12.8. The van der Waals surface area contributed by atoms with Crippen molar-refractivity contribution in [3.05, 3.63) is 0 Å². The molecule has 0 heterocycles. The number of hydrogen-bond acceptors (Lipinski definition) is 6. The van der Waals surface area contributed by atoms with Crippen LogP contribution in [-0.4, -0.2) is 37.2 Å². The van der Waals surface area contributed by atoms with E-state index in [-0.39, 0.29) is 31.1 Å². The Hall–Kier alpha value is -1.59. The largest absolute Gasteiger partial charge is 0.462 e. The van der Waals surface area contributed by atoms with Crippen LogP contribution in [0.3, 0.4) is 0 Å². The van der Waals surface area contributed by atoms with Crippen molar-refractivity contribution in [3.8, 4) is 0 Å². The normalized spacial score (nSPS) is 12.6. The van der Waals surface area contributed by atoms with E-state index in [1.165, 1.54) is 199 Å². The van der Waals surface area contributed by atoms with E-state index in [0.29, 0.717) is 19.3 Å². The Kier molecular flexibility index (Phi) is 48.1. The summed E-state index contributed by atoms with van der Waals surface area (Å²) in [5.74, 6) is 1.67. The fraction of sp³-hybridized carbons (Fsp3) is 0.948. The van der Waals surface area contributed by atoms with Gasteiger partial charge in [0.15, 0.2) is 6.10 Å². The maximum Gasteiger partial charge on any atom is 0.306 e. The van der Waals surface area contributed by atoms with Crippen molar-refractivity contribution in [3.63, 3.8) is 0 Å². The maximum atomic E-state index is 12.8. The number of unbranched alkanes of at least 4 members (excludes halogenated alkanes) is 33. The van der Waals surface area contributed by atoms with E-state index in [9.17, 15) is 14.4 Å². The average molecular weight is 906 g/mol. The first kappa shape index (κ1) is 62.4. The van der Waals surface area contributed by atoms with Gasteiger partial charge < -0.3 is 14.2 Å². The Morgan fingerprint density at radius 2 is 0.547 bits per heavy atom. The summed E-state index contributed by atoms with van der Waals surface area (Å²) in [7, 11) is 0. The van der Waals surface area contributed by atoms with Gasteiger partial charge in [-0.3, -0.25) is 14.4 Å². The molecule has 0 bridgehead atoms. The van der Waals surface area contributed by atoms with Crippen molar-refractivity contribution in [1.29, 1.82) is 0 Å². The van der Waals surface area contributed by atoms with Crippen LogP contribution in [0.5, 0.6) is 0 Å². The number of hydrogen-bond donors (Lipinski definition) is 0. The van der Waals surface area contributed by atoms with Crippen molar-refractivity contribution >= 4 is 17.9 Å². The number of ether oxygens (including phenoxy) is 3. The van der Waals surface area contributed by atoms with Crippen LogP contribution in [0.1, 0.15) is 318 Å². The van der Waals surface area contributed by atoms with Gasteiger partial charge in [-0.25, -0.2) is 0 Å². The first-order chi connectivity index (χ1) is 31.1. The molecule has 380 valence electrons. The summed E-state index contributed by atoms with van der Waals surface area (Å²) in [6.07, 6.45) is 51.0. The molecule has 0 aromatic heterocycles. The van der Waals surface area contributed by atoms with E-state index < -0.39 is 6.10 Å². The molecule has 64 heavy (non-hydrogen) atoms. The third-order valence-electron chi connectivity index (χ3n) is 13.5. The summed E-state index contributed by atoms with van der Waals surface area (Å²) in [6, 6.07) is 0. The summed E-state index contributed by atoms with van der Waals surface area (Å²) < 4.78 is 16.9. The Labute approximate surface area is 399 Å². The monoisotopic (exact) mass is 905 g/mol. The number of esters is 3. The Bertz CT molecular complexity index is 993. The van der Waals surface area contributed by atoms with Gasteiger partial charge in [-0.15, -0.1) is 0 Å². The predicted molar refractivity (Wildman–Crippen MR) is 275 cm³/mol. The highest BCUT2D eigenvalue weighted by Gasteiger charge is 2.19. The van der Waals surface area contributed by atoms with Crippen LogP contribution in [0.15, 0.2) is 0 Å². The van der Waals surface area contributed by atoms with Gasteiger partial charge in [0.25, 0.3) is 0 Å². The minimum Gasteiger partial charge on any atom is -0.462 e. The van der Waals surface area contributed by atoms with E-state index in [1.807, 2.05) is 0 Å². The standard InChI is InChI=1S/C58H112O6/c1-7-54(6)46-40-34-28-21-18-19-23-31-37-43-49-58(61)64-55(51-63-57(60)48-42-36-30-25-24-27-33-39-45-53(4)5)50-62-56(59)47-41-35-29-22-17-15-13-11-9-8-10-12-14-16-20-26-32-38-44-52(2)3/h52-55H,7-51H2,1-6H3/t54?,55-/m0/s1. The molecule has 0 radical (unpaired) electrons. The van der Waals surface area contributed by atoms with Gasteiger partial charge in [-0.1, -0.05) is 279 Å². The van der Waals surface area contributed by atoms with Crippen LogP contribution in [0.25, 0.3) is 0 Å². The van der Waals surface area contributed by atoms with E-state index in [1.54, 1.807) is 0 Å². The van der Waals surface area contributed by atoms with Crippen LogP contribution in [0, 0.1) is 17.8 Å². The van der Waals surface area contributed by atoms with Gasteiger partial charge in [0.2, 0.25) is 0 Å². The highest BCUT2D eigenvalue weighted by Crippen LogP contribution is 2.19. The molecule has 0 N–H and O–H groups in total. The zero-order valence-corrected chi connectivity index (χ0v) is 44.1. The van der Waals surface area contributed by atoms with Crippen molar-refractivity contribution in [2.45, 2.75) is 324 Å². The smallest absolute Gasteiger partial charge is 0.306 e. The van der Waals surface area contributed by atoms with Gasteiger partial charge in [-0.2, -0.15) is 0 Å². The first-order valence-corrected chi connectivity index (χ1v) is 28.6. The summed E-state index contributed by atoms with van der Waals surface area (Å²) in [5, 5.41) is 0. The molecule has 0 aliphatic heterocycles. The molecule has 0 saturated carbocycles. The van der Waals surface area contributed by atoms with E-state index in [2.05, 4.69) is 41.5 Å². The zero-order valence-electron chi connectivity index (χ0n) is 44.1. The van der Waals surface area contributed by atoms with Gasteiger partial charge in [0, 0.05) is 19.3 Å². The Morgan fingerprint density at radius 1 is 0.312 bits per heavy atom. The summed E-state index contributed by atoms with van der Waals surface area (Å²) in [4.78, 5) is 38.1. The summed E-state index contributed by atoms with van der Waals surface area (Å²) in [6.45, 7) is 13.8. The van der Waals surface area contributed by atoms with Crippen molar-refractivity contribution in [2.24, 2.45) is 17.8 Å². The molecule has 6 nitrogen and oxygen atoms in total. The van der Waals surface area contributed by atoms with E-state index in [4.69, 9.17) is 14.2 Å². The molecular weight excluding hydrogens is 793 g/mol. The lowest BCUT2D eigenvalue weighted by atomic mass is 9.99. The molecule has 0 saturated heterocycles. The summed E-state index contributed by atoms with van der Waals surface area (Å²) in [5.41, 5.74) is 0. The fourth-order valence-electron chi connectivity index (χ4n) is 8.79. The third kappa shape index (κ3) is 49.8. The van der Waals surface area contributed by atoms with Crippen molar-refractivity contribution in [1.82, 2.24) is 0 Å². The van der Waals surface area contributed by atoms with Gasteiger partial charge in [0.05, 0.1) is 0 Å². The molecule has 0 rings (SSSR count). The summed E-state index contributed by atoms with van der Waals surface area (Å²) >= 11 is 0.